The lowest BCUT2D eigenvalue weighted by Crippen LogP contribution is -2.37. The van der Waals surface area contributed by atoms with Gasteiger partial charge in [0.2, 0.25) is 0 Å². The number of hydrogen-bond acceptors (Lipinski definition) is 4. The number of aryl methyl sites for hydroxylation is 1. The van der Waals surface area contributed by atoms with Crippen molar-refractivity contribution in [3.05, 3.63) is 81.8 Å². The minimum atomic E-state index is -4.71. The van der Waals surface area contributed by atoms with Crippen LogP contribution >= 0.6 is 0 Å². The quantitative estimate of drug-likeness (QED) is 0.378. The molecule has 0 unspecified atom stereocenters. The van der Waals surface area contributed by atoms with E-state index in [2.05, 4.69) is 20.6 Å². The summed E-state index contributed by atoms with van der Waals surface area (Å²) < 4.78 is 55.7. The number of alkyl halides is 3. The molecule has 1 fully saturated rings. The Morgan fingerprint density at radius 2 is 1.76 bits per heavy atom. The summed E-state index contributed by atoms with van der Waals surface area (Å²) in [5.74, 6) is -1.32. The molecule has 0 aliphatic heterocycles. The second kappa shape index (κ2) is 9.45. The molecule has 1 amide bonds. The number of nitrogens with zero attached hydrogens (tertiary/aromatic N) is 3. The van der Waals surface area contributed by atoms with Gasteiger partial charge in [-0.1, -0.05) is 24.3 Å². The van der Waals surface area contributed by atoms with Crippen LogP contribution in [0.3, 0.4) is 0 Å². The van der Waals surface area contributed by atoms with E-state index in [0.717, 1.165) is 43.2 Å². The zero-order valence-corrected chi connectivity index (χ0v) is 19.8. The highest BCUT2D eigenvalue weighted by molar-refractivity contribution is 5.95. The van der Waals surface area contributed by atoms with E-state index in [1.165, 1.54) is 12.1 Å². The minimum Gasteiger partial charge on any atom is -0.349 e. The van der Waals surface area contributed by atoms with Gasteiger partial charge in [0.1, 0.15) is 11.5 Å². The molecule has 4 aromatic rings. The van der Waals surface area contributed by atoms with Gasteiger partial charge < -0.3 is 5.32 Å². The number of hydrogen-bond donors (Lipinski definition) is 2. The molecule has 0 radical (unpaired) electrons. The van der Waals surface area contributed by atoms with Crippen molar-refractivity contribution in [2.45, 2.75) is 43.8 Å². The van der Waals surface area contributed by atoms with Crippen molar-refractivity contribution in [1.29, 1.82) is 0 Å². The normalized spacial score (nSPS) is 18.2. The highest BCUT2D eigenvalue weighted by Crippen LogP contribution is 2.38. The van der Waals surface area contributed by atoms with Crippen molar-refractivity contribution in [2.75, 3.05) is 0 Å². The van der Waals surface area contributed by atoms with Gasteiger partial charge in [-0.05, 0) is 43.9 Å². The lowest BCUT2D eigenvalue weighted by molar-refractivity contribution is -0.143. The smallest absolute Gasteiger partial charge is 0.349 e. The molecule has 7 nitrogen and oxygen atoms in total. The van der Waals surface area contributed by atoms with E-state index < -0.39 is 23.6 Å². The first kappa shape index (κ1) is 24.7. The van der Waals surface area contributed by atoms with Crippen LogP contribution in [0.1, 0.15) is 53.3 Å². The summed E-state index contributed by atoms with van der Waals surface area (Å²) in [6, 6.07) is 10.6. The third kappa shape index (κ3) is 4.73. The number of fused-ring (bicyclic) bond motifs is 1. The van der Waals surface area contributed by atoms with Crippen LogP contribution in [0.15, 0.2) is 53.5 Å². The molecule has 0 bridgehead atoms. The molecule has 11 heteroatoms. The molecule has 0 saturated heterocycles. The summed E-state index contributed by atoms with van der Waals surface area (Å²) in [5.41, 5.74) is -1.12. The number of amides is 1. The number of carbonyl (C=O) groups excluding carboxylic acids is 1. The molecular weight excluding hydrogens is 490 g/mol. The number of rotatable bonds is 4. The van der Waals surface area contributed by atoms with E-state index in [1.807, 2.05) is 12.1 Å². The molecular formula is C26H23F4N5O2. The topological polar surface area (TPSA) is 92.7 Å². The third-order valence-electron chi connectivity index (χ3n) is 6.90. The highest BCUT2D eigenvalue weighted by Gasteiger charge is 2.38. The summed E-state index contributed by atoms with van der Waals surface area (Å²) in [6.07, 6.45) is -0.947. The van der Waals surface area contributed by atoms with Crippen molar-refractivity contribution in [2.24, 2.45) is 7.05 Å². The van der Waals surface area contributed by atoms with Gasteiger partial charge in [-0.25, -0.2) is 9.49 Å². The maximum Gasteiger partial charge on any atom is 0.433 e. The number of carbonyl (C=O) groups is 1. The number of benzene rings is 2. The number of aromatic amines is 1. The number of nitrogens with one attached hydrogen (secondary N) is 2. The van der Waals surface area contributed by atoms with Crippen molar-refractivity contribution in [1.82, 2.24) is 25.3 Å². The molecule has 2 heterocycles. The van der Waals surface area contributed by atoms with Gasteiger partial charge in [0.05, 0.1) is 17.3 Å². The summed E-state index contributed by atoms with van der Waals surface area (Å²) in [5, 5.41) is 14.8. The van der Waals surface area contributed by atoms with E-state index in [-0.39, 0.29) is 34.2 Å². The van der Waals surface area contributed by atoms with Gasteiger partial charge in [-0.2, -0.15) is 23.4 Å². The maximum atomic E-state index is 14.8. The predicted molar refractivity (Wildman–Crippen MR) is 128 cm³/mol. The van der Waals surface area contributed by atoms with E-state index in [4.69, 9.17) is 0 Å². The number of H-pyrrole nitrogens is 1. The summed E-state index contributed by atoms with van der Waals surface area (Å²) in [6.45, 7) is 0. The molecule has 0 spiro atoms. The first-order chi connectivity index (χ1) is 17.6. The average molecular weight is 513 g/mol. The molecule has 1 aliphatic rings. The van der Waals surface area contributed by atoms with Crippen molar-refractivity contribution in [3.8, 4) is 11.1 Å². The largest absolute Gasteiger partial charge is 0.433 e. The van der Waals surface area contributed by atoms with Crippen LogP contribution in [-0.4, -0.2) is 31.9 Å². The van der Waals surface area contributed by atoms with Crippen molar-refractivity contribution in [3.63, 3.8) is 0 Å². The lowest BCUT2D eigenvalue weighted by Gasteiger charge is -2.29. The van der Waals surface area contributed by atoms with Gasteiger partial charge in [0.15, 0.2) is 0 Å². The van der Waals surface area contributed by atoms with E-state index >= 15 is 0 Å². The Morgan fingerprint density at radius 3 is 2.43 bits per heavy atom. The zero-order chi connectivity index (χ0) is 26.3. The molecule has 2 N–H and O–H groups in total. The average Bonchev–Trinajstić information content (AvgIpc) is 3.26. The van der Waals surface area contributed by atoms with Crippen LogP contribution in [-0.2, 0) is 13.2 Å². The SMILES string of the molecule is Cn1ncc(-c2ccc(C(=O)NC3CCC(c4n[nH]c(=O)c5ccccc45)CC3)cc2F)c1C(F)(F)F. The Kier molecular flexibility index (Phi) is 6.30. The van der Waals surface area contributed by atoms with Crippen LogP contribution in [0.25, 0.3) is 21.9 Å². The van der Waals surface area contributed by atoms with Gasteiger partial charge in [0.25, 0.3) is 11.5 Å². The Bertz CT molecular complexity index is 1530. The van der Waals surface area contributed by atoms with Gasteiger partial charge >= 0.3 is 6.18 Å². The standard InChI is InChI=1S/C26H23F4N5O2/c1-35-23(26(28,29)30)20(13-31-35)17-11-8-15(12-21(17)27)24(36)32-16-9-6-14(7-10-16)22-18-4-2-3-5-19(18)25(37)34-33-22/h2-5,8,11-14,16H,6-7,9-10H2,1H3,(H,32,36)(H,34,37). The lowest BCUT2D eigenvalue weighted by atomic mass is 9.82. The highest BCUT2D eigenvalue weighted by atomic mass is 19.4. The number of halogens is 4. The minimum absolute atomic E-state index is 0.0223. The summed E-state index contributed by atoms with van der Waals surface area (Å²) in [7, 11) is 1.14. The molecule has 37 heavy (non-hydrogen) atoms. The first-order valence-electron chi connectivity index (χ1n) is 11.8. The fraction of sp³-hybridized carbons (Fsp3) is 0.308. The maximum absolute atomic E-state index is 14.8. The summed E-state index contributed by atoms with van der Waals surface area (Å²) in [4.78, 5) is 24.8. The van der Waals surface area contributed by atoms with Gasteiger partial charge in [0, 0.05) is 41.1 Å². The molecule has 1 aliphatic carbocycles. The Morgan fingerprint density at radius 1 is 1.05 bits per heavy atom. The summed E-state index contributed by atoms with van der Waals surface area (Å²) >= 11 is 0. The number of aromatic nitrogens is 4. The Labute approximate surface area is 208 Å². The Hall–Kier alpha value is -4.02. The van der Waals surface area contributed by atoms with Gasteiger partial charge in [-0.15, -0.1) is 0 Å². The molecule has 2 aromatic carbocycles. The second-order valence-corrected chi connectivity index (χ2v) is 9.23. The molecule has 0 atom stereocenters. The van der Waals surface area contributed by atoms with Crippen LogP contribution in [0.2, 0.25) is 0 Å². The molecule has 192 valence electrons. The molecule has 5 rings (SSSR count). The van der Waals surface area contributed by atoms with E-state index in [9.17, 15) is 27.2 Å². The predicted octanol–water partition coefficient (Wildman–Crippen LogP) is 4.94. The van der Waals surface area contributed by atoms with E-state index in [1.54, 1.807) is 12.1 Å². The van der Waals surface area contributed by atoms with Crippen LogP contribution < -0.4 is 10.9 Å². The van der Waals surface area contributed by atoms with Gasteiger partial charge in [-0.3, -0.25) is 14.3 Å². The third-order valence-corrected chi connectivity index (χ3v) is 6.90. The van der Waals surface area contributed by atoms with Crippen LogP contribution in [0.5, 0.6) is 0 Å². The van der Waals surface area contributed by atoms with Crippen molar-refractivity contribution >= 4 is 16.7 Å². The first-order valence-corrected chi connectivity index (χ1v) is 11.8. The molecule has 2 aromatic heterocycles. The van der Waals surface area contributed by atoms with Crippen LogP contribution in [0.4, 0.5) is 17.6 Å². The fourth-order valence-electron chi connectivity index (χ4n) is 5.07. The molecule has 1 saturated carbocycles. The second-order valence-electron chi connectivity index (χ2n) is 9.23. The van der Waals surface area contributed by atoms with Crippen molar-refractivity contribution < 1.29 is 22.4 Å². The fourth-order valence-corrected chi connectivity index (χ4v) is 5.07. The van der Waals surface area contributed by atoms with E-state index in [0.29, 0.717) is 22.9 Å². The Balaban J connectivity index is 1.27. The van der Waals surface area contributed by atoms with Crippen LogP contribution in [0, 0.1) is 5.82 Å². The monoisotopic (exact) mass is 513 g/mol. The zero-order valence-electron chi connectivity index (χ0n) is 19.8.